The number of nitrogen functional groups attached to an aromatic ring is 1. The molecular formula is C21H17N3O. The van der Waals surface area contributed by atoms with Crippen molar-refractivity contribution < 1.29 is 4.79 Å². The molecule has 0 spiro atoms. The van der Waals surface area contributed by atoms with E-state index in [9.17, 15) is 4.79 Å². The Morgan fingerprint density at radius 2 is 1.12 bits per heavy atom. The van der Waals surface area contributed by atoms with E-state index >= 15 is 0 Å². The number of aliphatic imine (C=N–C) groups is 2. The van der Waals surface area contributed by atoms with Gasteiger partial charge in [-0.25, -0.2) is 0 Å². The number of carbonyl (C=O) groups is 1. The summed E-state index contributed by atoms with van der Waals surface area (Å²) in [5, 5.41) is 0. The Hall–Kier alpha value is -3.53. The number of anilines is 1. The van der Waals surface area contributed by atoms with Crippen LogP contribution in [0.2, 0.25) is 0 Å². The first kappa shape index (κ1) is 16.3. The van der Waals surface area contributed by atoms with Gasteiger partial charge < -0.3 is 5.73 Å². The van der Waals surface area contributed by atoms with Crippen LogP contribution in [0.5, 0.6) is 0 Å². The highest BCUT2D eigenvalue weighted by molar-refractivity contribution is 5.94. The molecule has 0 unspecified atom stereocenters. The summed E-state index contributed by atoms with van der Waals surface area (Å²) < 4.78 is 0. The largest absolute Gasteiger partial charge is 0.398 e. The smallest absolute Gasteiger partial charge is 0.152 e. The fourth-order valence-electron chi connectivity index (χ4n) is 2.33. The molecule has 122 valence electrons. The maximum absolute atomic E-state index is 11.1. The molecule has 0 fully saturated rings. The molecule has 3 rings (SSSR count). The molecule has 3 aromatic rings. The van der Waals surface area contributed by atoms with Gasteiger partial charge in [-0.1, -0.05) is 48.5 Å². The number of rotatable bonds is 5. The average molecular weight is 327 g/mol. The van der Waals surface area contributed by atoms with E-state index in [-0.39, 0.29) is 0 Å². The van der Waals surface area contributed by atoms with Gasteiger partial charge in [0, 0.05) is 34.8 Å². The van der Waals surface area contributed by atoms with E-state index in [1.807, 2.05) is 60.7 Å². The van der Waals surface area contributed by atoms with Crippen LogP contribution in [0.3, 0.4) is 0 Å². The second-order valence-electron chi connectivity index (χ2n) is 5.38. The van der Waals surface area contributed by atoms with Gasteiger partial charge in [-0.2, -0.15) is 0 Å². The molecular weight excluding hydrogens is 310 g/mol. The van der Waals surface area contributed by atoms with E-state index in [2.05, 4.69) is 9.98 Å². The summed E-state index contributed by atoms with van der Waals surface area (Å²) in [6.07, 6.45) is 4.25. The van der Waals surface area contributed by atoms with Gasteiger partial charge in [0.2, 0.25) is 0 Å². The Morgan fingerprint density at radius 1 is 0.640 bits per heavy atom. The van der Waals surface area contributed by atoms with Crippen molar-refractivity contribution in [2.45, 2.75) is 0 Å². The maximum atomic E-state index is 11.1. The molecule has 0 saturated heterocycles. The highest BCUT2D eigenvalue weighted by Crippen LogP contribution is 2.21. The first-order valence-electron chi connectivity index (χ1n) is 7.84. The summed E-state index contributed by atoms with van der Waals surface area (Å²) in [5.74, 6) is 0. The molecule has 4 nitrogen and oxygen atoms in total. The molecule has 4 heteroatoms. The van der Waals surface area contributed by atoms with E-state index in [0.717, 1.165) is 23.1 Å². The Balaban J connectivity index is 1.90. The Bertz CT molecular complexity index is 945. The SMILES string of the molecule is Nc1ccccc1C=Nc1ccccc1C=Nc1ccccc1C=O. The summed E-state index contributed by atoms with van der Waals surface area (Å²) in [4.78, 5) is 20.0. The van der Waals surface area contributed by atoms with E-state index in [0.29, 0.717) is 16.9 Å². The van der Waals surface area contributed by atoms with Gasteiger partial charge in [0.15, 0.2) is 6.29 Å². The molecule has 25 heavy (non-hydrogen) atoms. The van der Waals surface area contributed by atoms with Crippen molar-refractivity contribution in [3.63, 3.8) is 0 Å². The first-order valence-corrected chi connectivity index (χ1v) is 7.84. The maximum Gasteiger partial charge on any atom is 0.152 e. The van der Waals surface area contributed by atoms with Crippen molar-refractivity contribution >= 4 is 35.8 Å². The molecule has 0 radical (unpaired) electrons. The highest BCUT2D eigenvalue weighted by Gasteiger charge is 2.00. The summed E-state index contributed by atoms with van der Waals surface area (Å²) in [6, 6.07) is 22.4. The van der Waals surface area contributed by atoms with Crippen molar-refractivity contribution in [1.29, 1.82) is 0 Å². The van der Waals surface area contributed by atoms with Crippen LogP contribution < -0.4 is 5.73 Å². The van der Waals surface area contributed by atoms with Crippen molar-refractivity contribution in [2.24, 2.45) is 9.98 Å². The molecule has 0 atom stereocenters. The van der Waals surface area contributed by atoms with Crippen molar-refractivity contribution in [1.82, 2.24) is 0 Å². The number of aldehydes is 1. The van der Waals surface area contributed by atoms with Crippen molar-refractivity contribution in [2.75, 3.05) is 5.73 Å². The topological polar surface area (TPSA) is 67.8 Å². The van der Waals surface area contributed by atoms with Crippen LogP contribution >= 0.6 is 0 Å². The van der Waals surface area contributed by atoms with Crippen LogP contribution in [0.15, 0.2) is 82.8 Å². The Morgan fingerprint density at radius 3 is 1.76 bits per heavy atom. The Labute approximate surface area is 146 Å². The number of carbonyl (C=O) groups excluding carboxylic acids is 1. The molecule has 0 amide bonds. The number of nitrogens with zero attached hydrogens (tertiary/aromatic N) is 2. The monoisotopic (exact) mass is 327 g/mol. The van der Waals surface area contributed by atoms with Crippen LogP contribution in [0.4, 0.5) is 17.1 Å². The van der Waals surface area contributed by atoms with Crippen molar-refractivity contribution in [3.05, 3.63) is 89.5 Å². The van der Waals surface area contributed by atoms with Gasteiger partial charge in [0.1, 0.15) is 0 Å². The number of hydrogen-bond acceptors (Lipinski definition) is 4. The van der Waals surface area contributed by atoms with Crippen LogP contribution in [0.25, 0.3) is 0 Å². The van der Waals surface area contributed by atoms with Crippen LogP contribution in [-0.4, -0.2) is 18.7 Å². The number of para-hydroxylation sites is 3. The van der Waals surface area contributed by atoms with Gasteiger partial charge in [0.25, 0.3) is 0 Å². The Kier molecular flexibility index (Phi) is 5.12. The normalized spacial score (nSPS) is 11.2. The average Bonchev–Trinajstić information content (AvgIpc) is 2.66. The fraction of sp³-hybridized carbons (Fsp3) is 0. The summed E-state index contributed by atoms with van der Waals surface area (Å²) >= 11 is 0. The molecule has 0 saturated carbocycles. The lowest BCUT2D eigenvalue weighted by Crippen LogP contribution is -1.92. The predicted molar refractivity (Wildman–Crippen MR) is 104 cm³/mol. The van der Waals surface area contributed by atoms with E-state index in [1.165, 1.54) is 0 Å². The van der Waals surface area contributed by atoms with E-state index in [4.69, 9.17) is 5.73 Å². The molecule has 0 heterocycles. The molecule has 0 bridgehead atoms. The highest BCUT2D eigenvalue weighted by atomic mass is 16.1. The molecule has 0 aliphatic heterocycles. The van der Waals surface area contributed by atoms with Crippen molar-refractivity contribution in [3.8, 4) is 0 Å². The van der Waals surface area contributed by atoms with E-state index in [1.54, 1.807) is 24.6 Å². The van der Waals surface area contributed by atoms with E-state index < -0.39 is 0 Å². The van der Waals surface area contributed by atoms with Crippen LogP contribution in [0, 0.1) is 0 Å². The second-order valence-corrected chi connectivity index (χ2v) is 5.38. The number of benzene rings is 3. The summed E-state index contributed by atoms with van der Waals surface area (Å²) in [6.45, 7) is 0. The van der Waals surface area contributed by atoms with Crippen LogP contribution in [-0.2, 0) is 0 Å². The first-order chi connectivity index (χ1) is 12.3. The van der Waals surface area contributed by atoms with Gasteiger partial charge >= 0.3 is 0 Å². The zero-order chi connectivity index (χ0) is 17.5. The second kappa shape index (κ2) is 7.84. The standard InChI is InChI=1S/C21H17N3O/c22-19-10-4-1-7-16(19)13-23-20-11-5-2-8-17(20)14-24-21-12-6-3-9-18(21)15-25/h1-15H,22H2. The fourth-order valence-corrected chi connectivity index (χ4v) is 2.33. The van der Waals surface area contributed by atoms with Crippen LogP contribution in [0.1, 0.15) is 21.5 Å². The number of hydrogen-bond donors (Lipinski definition) is 1. The zero-order valence-electron chi connectivity index (χ0n) is 13.5. The molecule has 2 N–H and O–H groups in total. The quantitative estimate of drug-likeness (QED) is 0.423. The van der Waals surface area contributed by atoms with Gasteiger partial charge in [-0.05, 0) is 24.3 Å². The van der Waals surface area contributed by atoms with Gasteiger partial charge in [0.05, 0.1) is 11.4 Å². The summed E-state index contributed by atoms with van der Waals surface area (Å²) in [7, 11) is 0. The molecule has 0 aromatic heterocycles. The predicted octanol–water partition coefficient (Wildman–Crippen LogP) is 4.58. The third kappa shape index (κ3) is 4.06. The van der Waals surface area contributed by atoms with Gasteiger partial charge in [-0.3, -0.25) is 14.8 Å². The molecule has 0 aliphatic rings. The number of nitrogens with two attached hydrogens (primary N) is 1. The third-order valence-electron chi connectivity index (χ3n) is 3.68. The minimum Gasteiger partial charge on any atom is -0.398 e. The lowest BCUT2D eigenvalue weighted by Gasteiger charge is -2.02. The molecule has 0 aliphatic carbocycles. The van der Waals surface area contributed by atoms with Gasteiger partial charge in [-0.15, -0.1) is 0 Å². The molecule has 3 aromatic carbocycles. The lowest BCUT2D eigenvalue weighted by molar-refractivity contribution is 0.112. The minimum absolute atomic E-state index is 0.553. The lowest BCUT2D eigenvalue weighted by atomic mass is 10.1. The summed E-state index contributed by atoms with van der Waals surface area (Å²) in [5.41, 5.74) is 10.3. The minimum atomic E-state index is 0.553. The zero-order valence-corrected chi connectivity index (χ0v) is 13.5. The third-order valence-corrected chi connectivity index (χ3v) is 3.68.